The number of carbonyl (C=O) groups excluding carboxylic acids is 1. The Morgan fingerprint density at radius 3 is 2.53 bits per heavy atom. The van der Waals surface area contributed by atoms with Crippen molar-refractivity contribution in [3.63, 3.8) is 0 Å². The van der Waals surface area contributed by atoms with E-state index in [4.69, 9.17) is 0 Å². The Kier molecular flexibility index (Phi) is 3.59. The van der Waals surface area contributed by atoms with Crippen LogP contribution in [-0.4, -0.2) is 35.1 Å². The summed E-state index contributed by atoms with van der Waals surface area (Å²) in [5.74, 6) is -0.833. The van der Waals surface area contributed by atoms with Crippen molar-refractivity contribution in [1.82, 2.24) is 9.47 Å². The van der Waals surface area contributed by atoms with Gasteiger partial charge in [-0.05, 0) is 6.07 Å². The summed E-state index contributed by atoms with van der Waals surface area (Å²) >= 11 is 0. The number of alkyl halides is 3. The van der Waals surface area contributed by atoms with Gasteiger partial charge in [-0.25, -0.2) is 0 Å². The Bertz CT molecular complexity index is 479. The van der Waals surface area contributed by atoms with Crippen LogP contribution in [0.2, 0.25) is 0 Å². The number of hydrogen-bond donors (Lipinski definition) is 0. The van der Waals surface area contributed by atoms with Crippen molar-refractivity contribution in [2.24, 2.45) is 7.05 Å². The number of rotatable bonds is 2. The van der Waals surface area contributed by atoms with Crippen LogP contribution in [0, 0.1) is 0 Å². The van der Waals surface area contributed by atoms with Gasteiger partial charge in [0.05, 0.1) is 0 Å². The largest absolute Gasteiger partial charge is 0.406 e. The molecule has 1 rings (SSSR count). The van der Waals surface area contributed by atoms with Crippen molar-refractivity contribution in [3.8, 4) is 0 Å². The Labute approximate surface area is 95.3 Å². The molecular weight excluding hydrogens is 237 g/mol. The molecule has 0 spiro atoms. The Morgan fingerprint density at radius 1 is 1.47 bits per heavy atom. The molecule has 4 nitrogen and oxygen atoms in total. The lowest BCUT2D eigenvalue weighted by Gasteiger charge is -2.18. The van der Waals surface area contributed by atoms with Crippen LogP contribution in [0.4, 0.5) is 13.2 Å². The molecular formula is C10H11F3N2O2. The number of nitrogens with zero attached hydrogens (tertiary/aromatic N) is 2. The molecule has 0 radical (unpaired) electrons. The molecule has 17 heavy (non-hydrogen) atoms. The number of aromatic nitrogens is 1. The number of aryl methyl sites for hydroxylation is 1. The van der Waals surface area contributed by atoms with E-state index in [9.17, 15) is 22.8 Å². The summed E-state index contributed by atoms with van der Waals surface area (Å²) in [6.45, 7) is -1.35. The highest BCUT2D eigenvalue weighted by Crippen LogP contribution is 2.16. The SMILES string of the molecule is CN(CC(F)(F)F)C(=O)c1ccn(C)c(=O)c1. The van der Waals surface area contributed by atoms with Crippen LogP contribution in [0.15, 0.2) is 23.1 Å². The van der Waals surface area contributed by atoms with E-state index >= 15 is 0 Å². The molecule has 7 heteroatoms. The van der Waals surface area contributed by atoms with E-state index < -0.39 is 24.2 Å². The van der Waals surface area contributed by atoms with Crippen LogP contribution < -0.4 is 5.56 Å². The van der Waals surface area contributed by atoms with Crippen LogP contribution in [0.1, 0.15) is 10.4 Å². The summed E-state index contributed by atoms with van der Waals surface area (Å²) < 4.78 is 37.4. The van der Waals surface area contributed by atoms with Gasteiger partial charge in [0, 0.05) is 31.9 Å². The molecule has 0 fully saturated rings. The van der Waals surface area contributed by atoms with E-state index in [0.717, 1.165) is 13.1 Å². The zero-order chi connectivity index (χ0) is 13.2. The highest BCUT2D eigenvalue weighted by molar-refractivity contribution is 5.93. The highest BCUT2D eigenvalue weighted by Gasteiger charge is 2.31. The summed E-state index contributed by atoms with van der Waals surface area (Å²) in [6, 6.07) is 2.31. The molecule has 1 heterocycles. The first kappa shape index (κ1) is 13.3. The van der Waals surface area contributed by atoms with Crippen LogP contribution >= 0.6 is 0 Å². The topological polar surface area (TPSA) is 42.3 Å². The van der Waals surface area contributed by atoms with Gasteiger partial charge < -0.3 is 9.47 Å². The lowest BCUT2D eigenvalue weighted by molar-refractivity contribution is -0.138. The fourth-order valence-electron chi connectivity index (χ4n) is 1.24. The molecule has 0 saturated heterocycles. The van der Waals surface area contributed by atoms with Crippen LogP contribution in [0.5, 0.6) is 0 Å². The summed E-state index contributed by atoms with van der Waals surface area (Å²) in [7, 11) is 2.52. The molecule has 0 atom stereocenters. The number of pyridine rings is 1. The maximum atomic E-state index is 12.1. The summed E-state index contributed by atoms with van der Waals surface area (Å²) in [5.41, 5.74) is -0.504. The minimum Gasteiger partial charge on any atom is -0.333 e. The van der Waals surface area contributed by atoms with Gasteiger partial charge in [0.1, 0.15) is 6.54 Å². The average molecular weight is 248 g/mol. The Morgan fingerprint density at radius 2 is 2.06 bits per heavy atom. The van der Waals surface area contributed by atoms with Gasteiger partial charge in [-0.15, -0.1) is 0 Å². The Balaban J connectivity index is 2.89. The van der Waals surface area contributed by atoms with Gasteiger partial charge in [0.2, 0.25) is 0 Å². The summed E-state index contributed by atoms with van der Waals surface area (Å²) in [5, 5.41) is 0. The van der Waals surface area contributed by atoms with Crippen molar-refractivity contribution >= 4 is 5.91 Å². The van der Waals surface area contributed by atoms with E-state index in [1.54, 1.807) is 0 Å². The van der Waals surface area contributed by atoms with Crippen LogP contribution in [0.3, 0.4) is 0 Å². The minimum absolute atomic E-state index is 0.0557. The molecule has 1 amide bonds. The van der Waals surface area contributed by atoms with Gasteiger partial charge in [0.25, 0.3) is 11.5 Å². The number of hydrogen-bond acceptors (Lipinski definition) is 2. The minimum atomic E-state index is -4.45. The third-order valence-electron chi connectivity index (χ3n) is 2.11. The fraction of sp³-hybridized carbons (Fsp3) is 0.400. The molecule has 0 unspecified atom stereocenters. The second-order valence-electron chi connectivity index (χ2n) is 3.64. The predicted octanol–water partition coefficient (Wildman–Crippen LogP) is 1.02. The molecule has 0 aliphatic heterocycles. The predicted molar refractivity (Wildman–Crippen MR) is 54.7 cm³/mol. The van der Waals surface area contributed by atoms with Crippen molar-refractivity contribution < 1.29 is 18.0 Å². The van der Waals surface area contributed by atoms with Crippen molar-refractivity contribution in [2.75, 3.05) is 13.6 Å². The van der Waals surface area contributed by atoms with Gasteiger partial charge in [-0.1, -0.05) is 0 Å². The first-order valence-corrected chi connectivity index (χ1v) is 4.69. The van der Waals surface area contributed by atoms with Crippen molar-refractivity contribution in [2.45, 2.75) is 6.18 Å². The van der Waals surface area contributed by atoms with Gasteiger partial charge >= 0.3 is 6.18 Å². The van der Waals surface area contributed by atoms with Gasteiger partial charge in [-0.3, -0.25) is 9.59 Å². The van der Waals surface area contributed by atoms with E-state index in [0.29, 0.717) is 4.90 Å². The van der Waals surface area contributed by atoms with E-state index in [-0.39, 0.29) is 5.56 Å². The van der Waals surface area contributed by atoms with E-state index in [1.807, 2.05) is 0 Å². The molecule has 1 aromatic rings. The fourth-order valence-corrected chi connectivity index (χ4v) is 1.24. The number of carbonyl (C=O) groups is 1. The molecule has 0 N–H and O–H groups in total. The third kappa shape index (κ3) is 3.61. The smallest absolute Gasteiger partial charge is 0.333 e. The second kappa shape index (κ2) is 4.60. The standard InChI is InChI=1S/C10H11F3N2O2/c1-14-4-3-7(5-8(14)16)9(17)15(2)6-10(11,12)13/h3-5H,6H2,1-2H3. The average Bonchev–Trinajstić information content (AvgIpc) is 2.18. The Hall–Kier alpha value is -1.79. The van der Waals surface area contributed by atoms with E-state index in [2.05, 4.69) is 0 Å². The van der Waals surface area contributed by atoms with Crippen molar-refractivity contribution in [1.29, 1.82) is 0 Å². The lowest BCUT2D eigenvalue weighted by atomic mass is 10.2. The molecule has 0 aliphatic rings. The number of amides is 1. The third-order valence-corrected chi connectivity index (χ3v) is 2.11. The maximum absolute atomic E-state index is 12.1. The monoisotopic (exact) mass is 248 g/mol. The van der Waals surface area contributed by atoms with Crippen LogP contribution in [-0.2, 0) is 7.05 Å². The lowest BCUT2D eigenvalue weighted by Crippen LogP contribution is -2.36. The van der Waals surface area contributed by atoms with Crippen LogP contribution in [0.25, 0.3) is 0 Å². The maximum Gasteiger partial charge on any atom is 0.406 e. The highest BCUT2D eigenvalue weighted by atomic mass is 19.4. The molecule has 0 saturated carbocycles. The molecule has 94 valence electrons. The molecule has 0 bridgehead atoms. The van der Waals surface area contributed by atoms with Crippen molar-refractivity contribution in [3.05, 3.63) is 34.2 Å². The zero-order valence-corrected chi connectivity index (χ0v) is 9.28. The number of halogens is 3. The molecule has 1 aromatic heterocycles. The quantitative estimate of drug-likeness (QED) is 0.784. The summed E-state index contributed by atoms with van der Waals surface area (Å²) in [6.07, 6.45) is -3.12. The van der Waals surface area contributed by atoms with E-state index in [1.165, 1.54) is 23.9 Å². The summed E-state index contributed by atoms with van der Waals surface area (Å²) in [4.78, 5) is 23.3. The first-order valence-electron chi connectivity index (χ1n) is 4.69. The molecule has 0 aliphatic carbocycles. The second-order valence-corrected chi connectivity index (χ2v) is 3.64. The van der Waals surface area contributed by atoms with Gasteiger partial charge in [0.15, 0.2) is 0 Å². The first-order chi connectivity index (χ1) is 7.70. The van der Waals surface area contributed by atoms with Gasteiger partial charge in [-0.2, -0.15) is 13.2 Å². The zero-order valence-electron chi connectivity index (χ0n) is 9.28. The molecule has 0 aromatic carbocycles. The normalized spacial score (nSPS) is 11.4.